The summed E-state index contributed by atoms with van der Waals surface area (Å²) in [5.41, 5.74) is 2.43. The second kappa shape index (κ2) is 8.85. The zero-order valence-corrected chi connectivity index (χ0v) is 15.6. The minimum atomic E-state index is -0.0937. The number of likely N-dealkylation sites (tertiary alicyclic amines) is 1. The average molecular weight is 347 g/mol. The molecule has 0 aliphatic carbocycles. The molecular formula is C19H29N3O3. The number of piperidine rings is 1. The van der Waals surface area contributed by atoms with Crippen molar-refractivity contribution < 1.29 is 14.3 Å². The molecule has 2 rings (SSSR count). The third kappa shape index (κ3) is 4.51. The lowest BCUT2D eigenvalue weighted by molar-refractivity contribution is -0.0324. The zero-order chi connectivity index (χ0) is 18.4. The van der Waals surface area contributed by atoms with Crippen LogP contribution in [0.25, 0.3) is 5.57 Å². The van der Waals surface area contributed by atoms with E-state index in [-0.39, 0.29) is 18.1 Å². The van der Waals surface area contributed by atoms with Crippen molar-refractivity contribution in [1.82, 2.24) is 15.2 Å². The van der Waals surface area contributed by atoms with Crippen molar-refractivity contribution in [3.63, 3.8) is 0 Å². The van der Waals surface area contributed by atoms with Gasteiger partial charge in [-0.25, -0.2) is 0 Å². The molecule has 1 saturated heterocycles. The summed E-state index contributed by atoms with van der Waals surface area (Å²) < 4.78 is 5.97. The highest BCUT2D eigenvalue weighted by Crippen LogP contribution is 2.23. The van der Waals surface area contributed by atoms with Gasteiger partial charge in [-0.2, -0.15) is 0 Å². The number of aldehydes is 1. The molecule has 25 heavy (non-hydrogen) atoms. The fourth-order valence-corrected chi connectivity index (χ4v) is 3.14. The highest BCUT2D eigenvalue weighted by Gasteiger charge is 2.27. The molecule has 0 radical (unpaired) electrons. The number of carbonyl (C=O) groups is 2. The lowest BCUT2D eigenvalue weighted by atomic mass is 10.0. The van der Waals surface area contributed by atoms with Crippen molar-refractivity contribution in [1.29, 1.82) is 0 Å². The molecule has 6 nitrogen and oxygen atoms in total. The van der Waals surface area contributed by atoms with Crippen LogP contribution in [0.4, 0.5) is 0 Å². The quantitative estimate of drug-likeness (QED) is 0.744. The fourth-order valence-electron chi connectivity index (χ4n) is 3.14. The third-order valence-corrected chi connectivity index (χ3v) is 4.75. The second-order valence-electron chi connectivity index (χ2n) is 6.57. The Labute approximate surface area is 149 Å². The van der Waals surface area contributed by atoms with Crippen LogP contribution >= 0.6 is 0 Å². The lowest BCUT2D eigenvalue weighted by Crippen LogP contribution is -2.41. The summed E-state index contributed by atoms with van der Waals surface area (Å²) in [4.78, 5) is 29.3. The summed E-state index contributed by atoms with van der Waals surface area (Å²) >= 11 is 0. The molecule has 1 aromatic heterocycles. The molecular weight excluding hydrogens is 318 g/mol. The number of amides is 1. The van der Waals surface area contributed by atoms with Crippen molar-refractivity contribution >= 4 is 17.8 Å². The molecule has 2 N–H and O–H groups in total. The molecule has 1 fully saturated rings. The first-order chi connectivity index (χ1) is 12.0. The number of H-pyrrole nitrogens is 1. The molecule has 0 aromatic carbocycles. The first-order valence-corrected chi connectivity index (χ1v) is 8.97. The molecule has 1 aliphatic rings. The predicted molar refractivity (Wildman–Crippen MR) is 98.7 cm³/mol. The molecule has 0 bridgehead atoms. The number of hydrogen-bond donors (Lipinski definition) is 2. The number of carbonyl (C=O) groups excluding carboxylic acids is 2. The van der Waals surface area contributed by atoms with Gasteiger partial charge >= 0.3 is 0 Å². The van der Waals surface area contributed by atoms with Crippen molar-refractivity contribution in [3.8, 4) is 0 Å². The largest absolute Gasteiger partial charge is 0.394 e. The van der Waals surface area contributed by atoms with E-state index in [1.165, 1.54) is 0 Å². The summed E-state index contributed by atoms with van der Waals surface area (Å²) in [6, 6.07) is 0. The summed E-state index contributed by atoms with van der Waals surface area (Å²) in [5, 5.41) is 2.94. The number of nitrogens with zero attached hydrogens (tertiary/aromatic N) is 1. The van der Waals surface area contributed by atoms with E-state index in [0.29, 0.717) is 29.9 Å². The van der Waals surface area contributed by atoms with Gasteiger partial charge in [0.25, 0.3) is 5.91 Å². The Morgan fingerprint density at radius 2 is 2.16 bits per heavy atom. The van der Waals surface area contributed by atoms with Gasteiger partial charge in [-0.1, -0.05) is 6.92 Å². The van der Waals surface area contributed by atoms with Gasteiger partial charge < -0.3 is 19.9 Å². The standard InChI is InChI=1S/C19H29N3O3/c1-5-14(3)25-15-6-8-22(9-7-15)19(24)16-11-21-18(17(16)12-23)13(2)10-20-4/h10-12,14-15,20-21H,5-9H2,1-4H3/b13-10-. The second-order valence-corrected chi connectivity index (χ2v) is 6.57. The molecule has 0 spiro atoms. The van der Waals surface area contributed by atoms with Crippen molar-refractivity contribution in [2.75, 3.05) is 20.1 Å². The van der Waals surface area contributed by atoms with Gasteiger partial charge in [0.1, 0.15) is 0 Å². The van der Waals surface area contributed by atoms with E-state index in [4.69, 9.17) is 4.74 Å². The maximum atomic E-state index is 12.8. The third-order valence-electron chi connectivity index (χ3n) is 4.75. The SMILES string of the molecule is CCC(C)OC1CCN(C(=O)c2c[nH]c(/C(C)=C\NC)c2C=O)CC1. The van der Waals surface area contributed by atoms with Crippen molar-refractivity contribution in [2.45, 2.75) is 52.2 Å². The maximum absolute atomic E-state index is 12.8. The van der Waals surface area contributed by atoms with Gasteiger partial charge in [0.15, 0.2) is 6.29 Å². The van der Waals surface area contributed by atoms with E-state index in [1.54, 1.807) is 19.4 Å². The Kier molecular flexibility index (Phi) is 6.82. The normalized spacial score (nSPS) is 17.4. The van der Waals surface area contributed by atoms with Crippen LogP contribution in [0.3, 0.4) is 0 Å². The minimum absolute atomic E-state index is 0.0937. The molecule has 0 saturated carbocycles. The lowest BCUT2D eigenvalue weighted by Gasteiger charge is -2.33. The van der Waals surface area contributed by atoms with Crippen LogP contribution in [0.15, 0.2) is 12.4 Å². The molecule has 138 valence electrons. The molecule has 1 unspecified atom stereocenters. The van der Waals surface area contributed by atoms with Crippen LogP contribution in [0.5, 0.6) is 0 Å². The number of aromatic nitrogens is 1. The first-order valence-electron chi connectivity index (χ1n) is 8.97. The summed E-state index contributed by atoms with van der Waals surface area (Å²) in [6.45, 7) is 7.39. The molecule has 6 heteroatoms. The van der Waals surface area contributed by atoms with Gasteiger partial charge in [0.05, 0.1) is 29.0 Å². The molecule has 1 aliphatic heterocycles. The Hall–Kier alpha value is -2.08. The van der Waals surface area contributed by atoms with E-state index in [9.17, 15) is 9.59 Å². The number of aromatic amines is 1. The maximum Gasteiger partial charge on any atom is 0.256 e. The summed E-state index contributed by atoms with van der Waals surface area (Å²) in [6.07, 6.45) is 7.32. The van der Waals surface area contributed by atoms with Gasteiger partial charge in [-0.05, 0) is 38.7 Å². The van der Waals surface area contributed by atoms with E-state index < -0.39 is 0 Å². The van der Waals surface area contributed by atoms with Gasteiger partial charge in [0.2, 0.25) is 0 Å². The molecule has 2 heterocycles. The summed E-state index contributed by atoms with van der Waals surface area (Å²) in [5.74, 6) is -0.0937. The molecule has 1 atom stereocenters. The van der Waals surface area contributed by atoms with E-state index in [0.717, 1.165) is 31.1 Å². The highest BCUT2D eigenvalue weighted by atomic mass is 16.5. The first kappa shape index (κ1) is 19.2. The Balaban J connectivity index is 2.07. The van der Waals surface area contributed by atoms with E-state index >= 15 is 0 Å². The van der Waals surface area contributed by atoms with Crippen LogP contribution < -0.4 is 5.32 Å². The van der Waals surface area contributed by atoms with Crippen LogP contribution in [-0.2, 0) is 4.74 Å². The van der Waals surface area contributed by atoms with E-state index in [2.05, 4.69) is 24.1 Å². The molecule has 1 amide bonds. The average Bonchev–Trinajstić information content (AvgIpc) is 3.06. The minimum Gasteiger partial charge on any atom is -0.394 e. The van der Waals surface area contributed by atoms with Crippen LogP contribution in [0.2, 0.25) is 0 Å². The number of allylic oxidation sites excluding steroid dienone is 1. The van der Waals surface area contributed by atoms with Crippen LogP contribution in [0.1, 0.15) is 66.4 Å². The van der Waals surface area contributed by atoms with Gasteiger partial charge in [0, 0.05) is 32.5 Å². The van der Waals surface area contributed by atoms with Gasteiger partial charge in [-0.3, -0.25) is 9.59 Å². The van der Waals surface area contributed by atoms with Crippen LogP contribution in [-0.4, -0.2) is 54.4 Å². The van der Waals surface area contributed by atoms with Crippen molar-refractivity contribution in [2.24, 2.45) is 0 Å². The fraction of sp³-hybridized carbons (Fsp3) is 0.579. The van der Waals surface area contributed by atoms with Crippen molar-refractivity contribution in [3.05, 3.63) is 29.2 Å². The topological polar surface area (TPSA) is 74.4 Å². The number of hydrogen-bond acceptors (Lipinski definition) is 4. The number of nitrogens with one attached hydrogen (secondary N) is 2. The number of ether oxygens (including phenoxy) is 1. The Morgan fingerprint density at radius 1 is 1.48 bits per heavy atom. The summed E-state index contributed by atoms with van der Waals surface area (Å²) in [7, 11) is 1.80. The number of rotatable bonds is 7. The van der Waals surface area contributed by atoms with E-state index in [1.807, 2.05) is 11.8 Å². The van der Waals surface area contributed by atoms with Gasteiger partial charge in [-0.15, -0.1) is 0 Å². The predicted octanol–water partition coefficient (Wildman–Crippen LogP) is 2.83. The zero-order valence-electron chi connectivity index (χ0n) is 15.6. The monoisotopic (exact) mass is 347 g/mol. The Bertz CT molecular complexity index is 628. The Morgan fingerprint density at radius 3 is 2.72 bits per heavy atom. The van der Waals surface area contributed by atoms with Crippen LogP contribution in [0, 0.1) is 0 Å². The molecule has 1 aromatic rings. The highest BCUT2D eigenvalue weighted by molar-refractivity contribution is 6.03. The smallest absolute Gasteiger partial charge is 0.256 e.